The number of Topliss-reactive ketones (excluding diaryl/α,β-unsaturated/α-hetero) is 1. The van der Waals surface area contributed by atoms with Crippen molar-refractivity contribution in [2.24, 2.45) is 10.9 Å². The third kappa shape index (κ3) is 1.22. The van der Waals surface area contributed by atoms with Crippen LogP contribution in [0, 0.1) is 5.92 Å². The van der Waals surface area contributed by atoms with Gasteiger partial charge in [-0.15, -0.1) is 0 Å². The van der Waals surface area contributed by atoms with Crippen LogP contribution < -0.4 is 0 Å². The summed E-state index contributed by atoms with van der Waals surface area (Å²) in [4.78, 5) is 27.3. The van der Waals surface area contributed by atoms with Gasteiger partial charge < -0.3 is 10.0 Å². The van der Waals surface area contributed by atoms with Crippen molar-refractivity contribution in [2.75, 3.05) is 13.2 Å². The number of aliphatic imine (C=N–C) groups is 1. The monoisotopic (exact) mass is 180 g/mol. The summed E-state index contributed by atoms with van der Waals surface area (Å²) in [5, 5.41) is 8.72. The number of allylic oxidation sites excluding steroid dienone is 1. The zero-order valence-corrected chi connectivity index (χ0v) is 6.80. The Morgan fingerprint density at radius 2 is 2.46 bits per heavy atom. The van der Waals surface area contributed by atoms with Crippen LogP contribution in [0.1, 0.15) is 0 Å². The summed E-state index contributed by atoms with van der Waals surface area (Å²) >= 11 is 0. The number of nitrogens with zero attached hydrogens (tertiary/aromatic N) is 2. The maximum Gasteiger partial charge on any atom is 0.312 e. The molecule has 68 valence electrons. The molecule has 13 heavy (non-hydrogen) atoms. The zero-order chi connectivity index (χ0) is 9.42. The number of fused-ring (bicyclic) bond motifs is 1. The van der Waals surface area contributed by atoms with Crippen LogP contribution in [0.3, 0.4) is 0 Å². The van der Waals surface area contributed by atoms with Crippen LogP contribution in [0.4, 0.5) is 0 Å². The van der Waals surface area contributed by atoms with E-state index in [2.05, 4.69) is 4.99 Å². The van der Waals surface area contributed by atoms with E-state index >= 15 is 0 Å². The first-order valence-corrected chi connectivity index (χ1v) is 3.92. The number of aliphatic carboxylic acids is 1. The Labute approximate surface area is 74.4 Å². The maximum atomic E-state index is 11.2. The van der Waals surface area contributed by atoms with Gasteiger partial charge in [0.1, 0.15) is 6.67 Å². The molecule has 0 amide bonds. The second kappa shape index (κ2) is 2.69. The van der Waals surface area contributed by atoms with Gasteiger partial charge in [0.2, 0.25) is 5.78 Å². The Hall–Kier alpha value is -1.65. The van der Waals surface area contributed by atoms with Crippen molar-refractivity contribution in [3.05, 3.63) is 11.8 Å². The van der Waals surface area contributed by atoms with Crippen LogP contribution in [0.25, 0.3) is 0 Å². The molecule has 2 aliphatic heterocycles. The molecule has 0 spiro atoms. The van der Waals surface area contributed by atoms with Crippen LogP contribution in [0.15, 0.2) is 16.8 Å². The Morgan fingerprint density at radius 1 is 1.69 bits per heavy atom. The fraction of sp³-hybridized carbons (Fsp3) is 0.375. The highest BCUT2D eigenvalue weighted by molar-refractivity contribution is 6.35. The topological polar surface area (TPSA) is 70.0 Å². The number of carboxylic acids is 1. The number of carbonyl (C=O) groups is 2. The lowest BCUT2D eigenvalue weighted by Gasteiger charge is -2.21. The molecule has 5 nitrogen and oxygen atoms in total. The molecule has 2 rings (SSSR count). The zero-order valence-electron chi connectivity index (χ0n) is 6.80. The van der Waals surface area contributed by atoms with Gasteiger partial charge in [-0.25, -0.2) is 0 Å². The molecule has 2 heterocycles. The second-order valence-electron chi connectivity index (χ2n) is 3.04. The molecule has 0 aliphatic carbocycles. The number of carboxylic acid groups (broad SMARTS) is 1. The molecule has 0 aromatic rings. The predicted octanol–water partition coefficient (Wildman–Crippen LogP) is -0.502. The maximum absolute atomic E-state index is 11.2. The standard InChI is InChI=1S/C8H8N2O3/c11-7-2-9-4-10-3-5(8(12)13)1-6(7)10/h1-2,5H,3-4H2,(H,12,13)/t5-/m0/s1. The van der Waals surface area contributed by atoms with Crippen molar-refractivity contribution in [3.63, 3.8) is 0 Å². The van der Waals surface area contributed by atoms with Gasteiger partial charge in [-0.2, -0.15) is 0 Å². The van der Waals surface area contributed by atoms with E-state index < -0.39 is 11.9 Å². The second-order valence-corrected chi connectivity index (χ2v) is 3.04. The van der Waals surface area contributed by atoms with E-state index in [1.54, 1.807) is 4.90 Å². The summed E-state index contributed by atoms with van der Waals surface area (Å²) in [6, 6.07) is 0. The molecule has 1 atom stereocenters. The van der Waals surface area contributed by atoms with E-state index in [0.717, 1.165) is 0 Å². The number of hydrogen-bond acceptors (Lipinski definition) is 4. The molecule has 0 aromatic carbocycles. The summed E-state index contributed by atoms with van der Waals surface area (Å²) in [6.07, 6.45) is 2.74. The van der Waals surface area contributed by atoms with Gasteiger partial charge in [0.15, 0.2) is 0 Å². The lowest BCUT2D eigenvalue weighted by atomic mass is 10.1. The van der Waals surface area contributed by atoms with Crippen molar-refractivity contribution < 1.29 is 14.7 Å². The van der Waals surface area contributed by atoms with E-state index in [9.17, 15) is 9.59 Å². The third-order valence-electron chi connectivity index (χ3n) is 2.15. The first-order valence-electron chi connectivity index (χ1n) is 3.92. The molecule has 0 fully saturated rings. The van der Waals surface area contributed by atoms with Crippen molar-refractivity contribution in [1.82, 2.24) is 4.90 Å². The van der Waals surface area contributed by atoms with E-state index in [-0.39, 0.29) is 5.78 Å². The molecule has 1 N–H and O–H groups in total. The molecule has 0 unspecified atom stereocenters. The van der Waals surface area contributed by atoms with Crippen molar-refractivity contribution >= 4 is 18.0 Å². The van der Waals surface area contributed by atoms with Gasteiger partial charge in [0.05, 0.1) is 17.8 Å². The molecule has 0 bridgehead atoms. The summed E-state index contributed by atoms with van der Waals surface area (Å²) in [5.41, 5.74) is 0.474. The average molecular weight is 180 g/mol. The molecule has 5 heteroatoms. The number of carbonyl (C=O) groups excluding carboxylic acids is 1. The molecule has 0 saturated carbocycles. The molecule has 0 saturated heterocycles. The Morgan fingerprint density at radius 3 is 3.08 bits per heavy atom. The Kier molecular flexibility index (Phi) is 1.65. The quantitative estimate of drug-likeness (QED) is 0.590. The van der Waals surface area contributed by atoms with E-state index in [4.69, 9.17) is 5.11 Å². The van der Waals surface area contributed by atoms with Crippen LogP contribution >= 0.6 is 0 Å². The summed E-state index contributed by atoms with van der Waals surface area (Å²) in [7, 11) is 0. The predicted molar refractivity (Wildman–Crippen MR) is 44.3 cm³/mol. The van der Waals surface area contributed by atoms with Gasteiger partial charge >= 0.3 is 5.97 Å². The molecule has 0 aromatic heterocycles. The van der Waals surface area contributed by atoms with Crippen molar-refractivity contribution in [2.45, 2.75) is 0 Å². The van der Waals surface area contributed by atoms with Crippen molar-refractivity contribution in [3.8, 4) is 0 Å². The number of rotatable bonds is 1. The fourth-order valence-corrected chi connectivity index (χ4v) is 1.49. The van der Waals surface area contributed by atoms with Crippen LogP contribution in [0.5, 0.6) is 0 Å². The minimum atomic E-state index is -0.894. The third-order valence-corrected chi connectivity index (χ3v) is 2.15. The molecule has 2 aliphatic rings. The minimum Gasteiger partial charge on any atom is -0.481 e. The first-order chi connectivity index (χ1) is 6.18. The fourth-order valence-electron chi connectivity index (χ4n) is 1.49. The van der Waals surface area contributed by atoms with Gasteiger partial charge in [0.25, 0.3) is 0 Å². The summed E-state index contributed by atoms with van der Waals surface area (Å²) < 4.78 is 0. The largest absolute Gasteiger partial charge is 0.481 e. The van der Waals surface area contributed by atoms with Crippen LogP contribution in [0.2, 0.25) is 0 Å². The lowest BCUT2D eigenvalue weighted by Crippen LogP contribution is -2.31. The van der Waals surface area contributed by atoms with E-state index in [1.807, 2.05) is 0 Å². The Bertz CT molecular complexity index is 332. The molecular weight excluding hydrogens is 172 g/mol. The summed E-state index contributed by atoms with van der Waals surface area (Å²) in [6.45, 7) is 0.745. The van der Waals surface area contributed by atoms with E-state index in [1.165, 1.54) is 12.3 Å². The van der Waals surface area contributed by atoms with Crippen LogP contribution in [-0.4, -0.2) is 41.2 Å². The number of hydrogen-bond donors (Lipinski definition) is 1. The highest BCUT2D eigenvalue weighted by Gasteiger charge is 2.32. The summed E-state index contributed by atoms with van der Waals surface area (Å²) in [5.74, 6) is -1.66. The van der Waals surface area contributed by atoms with Gasteiger partial charge in [0, 0.05) is 6.54 Å². The van der Waals surface area contributed by atoms with E-state index in [0.29, 0.717) is 18.9 Å². The minimum absolute atomic E-state index is 0.199. The average Bonchev–Trinajstić information content (AvgIpc) is 2.49. The first kappa shape index (κ1) is 7.97. The van der Waals surface area contributed by atoms with Crippen molar-refractivity contribution in [1.29, 1.82) is 0 Å². The highest BCUT2D eigenvalue weighted by atomic mass is 16.4. The smallest absolute Gasteiger partial charge is 0.312 e. The normalized spacial score (nSPS) is 25.8. The molecule has 0 radical (unpaired) electrons. The highest BCUT2D eigenvalue weighted by Crippen LogP contribution is 2.22. The SMILES string of the molecule is O=C1C=NCN2C[C@@H](C(=O)O)C=C12. The van der Waals surface area contributed by atoms with Gasteiger partial charge in [-0.05, 0) is 6.08 Å². The number of ketones is 1. The Balaban J connectivity index is 2.26. The van der Waals surface area contributed by atoms with Gasteiger partial charge in [-0.1, -0.05) is 0 Å². The van der Waals surface area contributed by atoms with Crippen LogP contribution in [-0.2, 0) is 9.59 Å². The molecular formula is C8H8N2O3. The lowest BCUT2D eigenvalue weighted by molar-refractivity contribution is -0.140. The van der Waals surface area contributed by atoms with Gasteiger partial charge in [-0.3, -0.25) is 14.6 Å².